The minimum atomic E-state index is 0.361. The zero-order valence-electron chi connectivity index (χ0n) is 12.8. The molecule has 0 amide bonds. The molecule has 0 radical (unpaired) electrons. The first kappa shape index (κ1) is 15.9. The smallest absolute Gasteiger partial charge is 0.130 e. The van der Waals surface area contributed by atoms with E-state index in [-0.39, 0.29) is 0 Å². The lowest BCUT2D eigenvalue weighted by Crippen LogP contribution is -2.04. The van der Waals surface area contributed by atoms with Crippen molar-refractivity contribution in [3.63, 3.8) is 0 Å². The number of hydrogen-bond donors (Lipinski definition) is 1. The minimum absolute atomic E-state index is 0.361. The van der Waals surface area contributed by atoms with Crippen molar-refractivity contribution >= 4 is 11.6 Å². The molecular weight excluding hydrogens is 282 g/mol. The summed E-state index contributed by atoms with van der Waals surface area (Å²) in [5, 5.41) is 0.796. The number of ether oxygens (including phenoxy) is 1. The van der Waals surface area contributed by atoms with Gasteiger partial charge in [0.15, 0.2) is 0 Å². The average Bonchev–Trinajstić information content (AvgIpc) is 2.43. The first-order chi connectivity index (χ1) is 10.0. The summed E-state index contributed by atoms with van der Waals surface area (Å²) in [6.45, 7) is 6.87. The van der Waals surface area contributed by atoms with Gasteiger partial charge in [-0.15, -0.1) is 0 Å². The number of aryl methyl sites for hydroxylation is 1. The standard InChI is InChI=1S/C18H22ClNO/c1-12(2)15-11-18(13(3)10-16(15)19)21-17-7-5-4-6-14(17)8-9-20/h4-7,10-12H,8-9,20H2,1-3H3. The Hall–Kier alpha value is -1.51. The van der Waals surface area contributed by atoms with Crippen LogP contribution in [0.4, 0.5) is 0 Å². The van der Waals surface area contributed by atoms with Crippen molar-refractivity contribution in [1.29, 1.82) is 0 Å². The third kappa shape index (κ3) is 3.78. The molecular formula is C18H22ClNO. The predicted octanol–water partition coefficient (Wildman–Crippen LogP) is 5.07. The van der Waals surface area contributed by atoms with E-state index in [1.54, 1.807) is 0 Å². The summed E-state index contributed by atoms with van der Waals surface area (Å²) in [5.74, 6) is 2.08. The van der Waals surface area contributed by atoms with Crippen molar-refractivity contribution in [3.8, 4) is 11.5 Å². The second-order valence-corrected chi connectivity index (χ2v) is 5.95. The van der Waals surface area contributed by atoms with E-state index >= 15 is 0 Å². The first-order valence-electron chi connectivity index (χ1n) is 7.28. The zero-order valence-corrected chi connectivity index (χ0v) is 13.6. The lowest BCUT2D eigenvalue weighted by molar-refractivity contribution is 0.471. The van der Waals surface area contributed by atoms with Crippen LogP contribution in [-0.2, 0) is 6.42 Å². The molecule has 3 heteroatoms. The van der Waals surface area contributed by atoms with Crippen LogP contribution in [-0.4, -0.2) is 6.54 Å². The van der Waals surface area contributed by atoms with Gasteiger partial charge < -0.3 is 10.5 Å². The van der Waals surface area contributed by atoms with Gasteiger partial charge in [-0.2, -0.15) is 0 Å². The minimum Gasteiger partial charge on any atom is -0.457 e. The van der Waals surface area contributed by atoms with Gasteiger partial charge in [0.1, 0.15) is 11.5 Å². The van der Waals surface area contributed by atoms with E-state index in [1.807, 2.05) is 37.3 Å². The van der Waals surface area contributed by atoms with E-state index < -0.39 is 0 Å². The Morgan fingerprint density at radius 3 is 2.52 bits per heavy atom. The maximum atomic E-state index is 6.31. The van der Waals surface area contributed by atoms with Gasteiger partial charge >= 0.3 is 0 Å². The number of para-hydroxylation sites is 1. The molecule has 0 spiro atoms. The fourth-order valence-electron chi connectivity index (χ4n) is 2.30. The summed E-state index contributed by atoms with van der Waals surface area (Å²) in [4.78, 5) is 0. The molecule has 0 saturated carbocycles. The molecule has 2 aromatic rings. The van der Waals surface area contributed by atoms with E-state index in [2.05, 4.69) is 19.9 Å². The Morgan fingerprint density at radius 2 is 1.86 bits per heavy atom. The highest BCUT2D eigenvalue weighted by Gasteiger charge is 2.12. The van der Waals surface area contributed by atoms with Gasteiger partial charge in [-0.25, -0.2) is 0 Å². The van der Waals surface area contributed by atoms with Gasteiger partial charge in [-0.3, -0.25) is 0 Å². The highest BCUT2D eigenvalue weighted by atomic mass is 35.5. The molecule has 0 bridgehead atoms. The summed E-state index contributed by atoms with van der Waals surface area (Å²) < 4.78 is 6.12. The number of benzene rings is 2. The van der Waals surface area contributed by atoms with E-state index in [0.29, 0.717) is 12.5 Å². The van der Waals surface area contributed by atoms with Crippen LogP contribution in [0.5, 0.6) is 11.5 Å². The van der Waals surface area contributed by atoms with Gasteiger partial charge in [-0.1, -0.05) is 43.6 Å². The molecule has 2 rings (SSSR count). The van der Waals surface area contributed by atoms with Crippen molar-refractivity contribution < 1.29 is 4.74 Å². The Labute approximate surface area is 131 Å². The summed E-state index contributed by atoms with van der Waals surface area (Å²) >= 11 is 6.31. The highest BCUT2D eigenvalue weighted by Crippen LogP contribution is 2.34. The van der Waals surface area contributed by atoms with E-state index in [9.17, 15) is 0 Å². The SMILES string of the molecule is Cc1cc(Cl)c(C(C)C)cc1Oc1ccccc1CCN. The van der Waals surface area contributed by atoms with Crippen LogP contribution in [0.1, 0.15) is 36.5 Å². The van der Waals surface area contributed by atoms with Crippen molar-refractivity contribution in [2.24, 2.45) is 5.73 Å². The molecule has 0 heterocycles. The number of nitrogens with two attached hydrogens (primary N) is 1. The maximum Gasteiger partial charge on any atom is 0.130 e. The molecule has 21 heavy (non-hydrogen) atoms. The molecule has 0 fully saturated rings. The Balaban J connectivity index is 2.38. The summed E-state index contributed by atoms with van der Waals surface area (Å²) in [6.07, 6.45) is 0.805. The van der Waals surface area contributed by atoms with Crippen LogP contribution in [0, 0.1) is 6.92 Å². The lowest BCUT2D eigenvalue weighted by Gasteiger charge is -2.16. The normalized spacial score (nSPS) is 11.0. The van der Waals surface area contributed by atoms with Crippen LogP contribution in [0.15, 0.2) is 36.4 Å². The van der Waals surface area contributed by atoms with Crippen molar-refractivity contribution in [1.82, 2.24) is 0 Å². The first-order valence-corrected chi connectivity index (χ1v) is 7.66. The van der Waals surface area contributed by atoms with Gasteiger partial charge in [0, 0.05) is 5.02 Å². The molecule has 2 nitrogen and oxygen atoms in total. The van der Waals surface area contributed by atoms with Crippen LogP contribution >= 0.6 is 11.6 Å². The molecule has 2 N–H and O–H groups in total. The second-order valence-electron chi connectivity index (χ2n) is 5.54. The van der Waals surface area contributed by atoms with E-state index in [4.69, 9.17) is 22.1 Å². The molecule has 0 aromatic heterocycles. The van der Waals surface area contributed by atoms with E-state index in [0.717, 1.165) is 39.6 Å². The zero-order chi connectivity index (χ0) is 15.4. The van der Waals surface area contributed by atoms with E-state index in [1.165, 1.54) is 0 Å². The quantitative estimate of drug-likeness (QED) is 0.837. The Kier molecular flexibility index (Phi) is 5.27. The molecule has 0 atom stereocenters. The van der Waals surface area contributed by atoms with Crippen LogP contribution in [0.25, 0.3) is 0 Å². The van der Waals surface area contributed by atoms with Crippen LogP contribution in [0.2, 0.25) is 5.02 Å². The third-order valence-electron chi connectivity index (χ3n) is 3.52. The number of halogens is 1. The van der Waals surface area contributed by atoms with Gasteiger partial charge in [0.2, 0.25) is 0 Å². The third-order valence-corrected chi connectivity index (χ3v) is 3.85. The largest absolute Gasteiger partial charge is 0.457 e. The molecule has 2 aromatic carbocycles. The van der Waals surface area contributed by atoms with Gasteiger partial charge in [0.05, 0.1) is 0 Å². The second kappa shape index (κ2) is 6.97. The lowest BCUT2D eigenvalue weighted by atomic mass is 10.0. The molecule has 0 saturated heterocycles. The molecule has 0 aliphatic carbocycles. The number of rotatable bonds is 5. The van der Waals surface area contributed by atoms with Crippen molar-refractivity contribution in [3.05, 3.63) is 58.1 Å². The van der Waals surface area contributed by atoms with Crippen LogP contribution < -0.4 is 10.5 Å². The average molecular weight is 304 g/mol. The highest BCUT2D eigenvalue weighted by molar-refractivity contribution is 6.31. The molecule has 0 unspecified atom stereocenters. The molecule has 0 aliphatic heterocycles. The van der Waals surface area contributed by atoms with Crippen LogP contribution in [0.3, 0.4) is 0 Å². The molecule has 112 valence electrons. The summed E-state index contributed by atoms with van der Waals surface area (Å²) in [7, 11) is 0. The monoisotopic (exact) mass is 303 g/mol. The number of hydrogen-bond acceptors (Lipinski definition) is 2. The maximum absolute atomic E-state index is 6.31. The summed E-state index contributed by atoms with van der Waals surface area (Å²) in [6, 6.07) is 12.0. The molecule has 0 aliphatic rings. The predicted molar refractivity (Wildman–Crippen MR) is 89.6 cm³/mol. The van der Waals surface area contributed by atoms with Gasteiger partial charge in [-0.05, 0) is 60.7 Å². The Morgan fingerprint density at radius 1 is 1.14 bits per heavy atom. The van der Waals surface area contributed by atoms with Gasteiger partial charge in [0.25, 0.3) is 0 Å². The fraction of sp³-hybridized carbons (Fsp3) is 0.333. The van der Waals surface area contributed by atoms with Crippen molar-refractivity contribution in [2.45, 2.75) is 33.1 Å². The Bertz CT molecular complexity index is 623. The fourth-order valence-corrected chi connectivity index (χ4v) is 2.74. The van der Waals surface area contributed by atoms with Crippen molar-refractivity contribution in [2.75, 3.05) is 6.54 Å². The topological polar surface area (TPSA) is 35.2 Å². The summed E-state index contributed by atoms with van der Waals surface area (Å²) in [5.41, 5.74) is 8.93.